The molecule has 1 atom stereocenters. The number of carboxylic acid groups (broad SMARTS) is 1. The van der Waals surface area contributed by atoms with Crippen molar-refractivity contribution in [3.63, 3.8) is 0 Å². The van der Waals surface area contributed by atoms with Gasteiger partial charge in [-0.25, -0.2) is 4.79 Å². The van der Waals surface area contributed by atoms with Gasteiger partial charge in [0.25, 0.3) is 5.91 Å². The number of hydrogen-bond donors (Lipinski definition) is 2. The molecule has 21 heavy (non-hydrogen) atoms. The molecule has 1 amide bonds. The van der Waals surface area contributed by atoms with Crippen LogP contribution in [0.1, 0.15) is 23.7 Å². The molecular weight excluding hydrogens is 294 g/mol. The Morgan fingerprint density at radius 1 is 1.33 bits per heavy atom. The van der Waals surface area contributed by atoms with Crippen molar-refractivity contribution in [2.24, 2.45) is 0 Å². The predicted octanol–water partition coefficient (Wildman–Crippen LogP) is 1.55. The van der Waals surface area contributed by atoms with Gasteiger partial charge in [-0.1, -0.05) is 12.1 Å². The highest BCUT2D eigenvalue weighted by atomic mass is 32.2. The van der Waals surface area contributed by atoms with Gasteiger partial charge in [0.2, 0.25) is 0 Å². The lowest BCUT2D eigenvalue weighted by Gasteiger charge is -2.15. The van der Waals surface area contributed by atoms with Crippen LogP contribution in [-0.2, 0) is 9.59 Å². The maximum Gasteiger partial charge on any atom is 0.326 e. The van der Waals surface area contributed by atoms with Crippen molar-refractivity contribution in [3.05, 3.63) is 29.8 Å². The number of aliphatic carboxylic acids is 1. The standard InChI is InChI=1S/C14H17NO5S/c1-9(16)20-12-6-4-3-5-10(12)13(17)15-11(14(18)19)7-8-21-2/h3-6,11H,7-8H2,1-2H3,(H,15,17)(H,18,19). The minimum absolute atomic E-state index is 0.108. The summed E-state index contributed by atoms with van der Waals surface area (Å²) in [5, 5.41) is 11.5. The Morgan fingerprint density at radius 3 is 2.57 bits per heavy atom. The SMILES string of the molecule is CSCCC(NC(=O)c1ccccc1OC(C)=O)C(=O)O. The summed E-state index contributed by atoms with van der Waals surface area (Å²) >= 11 is 1.50. The van der Waals surface area contributed by atoms with Crippen LogP contribution in [-0.4, -0.2) is 41.0 Å². The summed E-state index contributed by atoms with van der Waals surface area (Å²) in [6.07, 6.45) is 2.18. The first-order chi connectivity index (χ1) is 9.95. The van der Waals surface area contributed by atoms with E-state index in [0.29, 0.717) is 12.2 Å². The van der Waals surface area contributed by atoms with Crippen LogP contribution in [0.5, 0.6) is 5.75 Å². The molecular formula is C14H17NO5S. The Hall–Kier alpha value is -2.02. The summed E-state index contributed by atoms with van der Waals surface area (Å²) < 4.78 is 4.94. The quantitative estimate of drug-likeness (QED) is 0.586. The van der Waals surface area contributed by atoms with Gasteiger partial charge in [-0.3, -0.25) is 9.59 Å². The summed E-state index contributed by atoms with van der Waals surface area (Å²) in [6, 6.07) is 5.21. The lowest BCUT2D eigenvalue weighted by Crippen LogP contribution is -2.41. The molecule has 0 saturated heterocycles. The van der Waals surface area contributed by atoms with E-state index >= 15 is 0 Å². The van der Waals surface area contributed by atoms with Crippen LogP contribution in [0.25, 0.3) is 0 Å². The summed E-state index contributed by atoms with van der Waals surface area (Å²) in [5.41, 5.74) is 0.128. The average Bonchev–Trinajstić information content (AvgIpc) is 2.42. The smallest absolute Gasteiger partial charge is 0.326 e. The molecule has 1 aromatic rings. The van der Waals surface area contributed by atoms with Crippen molar-refractivity contribution in [1.82, 2.24) is 5.32 Å². The molecule has 1 unspecified atom stereocenters. The first-order valence-electron chi connectivity index (χ1n) is 6.25. The van der Waals surface area contributed by atoms with E-state index < -0.39 is 23.9 Å². The maximum absolute atomic E-state index is 12.2. The lowest BCUT2D eigenvalue weighted by molar-refractivity contribution is -0.139. The lowest BCUT2D eigenvalue weighted by atomic mass is 10.1. The van der Waals surface area contributed by atoms with Crippen molar-refractivity contribution >= 4 is 29.6 Å². The van der Waals surface area contributed by atoms with E-state index in [2.05, 4.69) is 5.32 Å². The van der Waals surface area contributed by atoms with Gasteiger partial charge in [0.1, 0.15) is 11.8 Å². The zero-order valence-electron chi connectivity index (χ0n) is 11.8. The third-order valence-corrected chi connectivity index (χ3v) is 3.24. The number of benzene rings is 1. The highest BCUT2D eigenvalue weighted by Crippen LogP contribution is 2.18. The van der Waals surface area contributed by atoms with E-state index in [0.717, 1.165) is 0 Å². The number of carbonyl (C=O) groups excluding carboxylic acids is 2. The van der Waals surface area contributed by atoms with Crippen LogP contribution in [0.15, 0.2) is 24.3 Å². The van der Waals surface area contributed by atoms with Gasteiger partial charge < -0.3 is 15.2 Å². The number of carbonyl (C=O) groups is 3. The molecule has 0 bridgehead atoms. The van der Waals surface area contributed by atoms with E-state index in [4.69, 9.17) is 9.84 Å². The number of esters is 1. The van der Waals surface area contributed by atoms with E-state index in [1.165, 1.54) is 30.8 Å². The number of para-hydroxylation sites is 1. The third-order valence-electron chi connectivity index (χ3n) is 2.60. The van der Waals surface area contributed by atoms with E-state index in [1.807, 2.05) is 6.26 Å². The second-order valence-electron chi connectivity index (χ2n) is 4.24. The first kappa shape index (κ1) is 17.0. The maximum atomic E-state index is 12.2. The molecule has 0 aliphatic rings. The zero-order chi connectivity index (χ0) is 15.8. The van der Waals surface area contributed by atoms with Crippen LogP contribution in [0, 0.1) is 0 Å². The molecule has 0 spiro atoms. The van der Waals surface area contributed by atoms with Crippen molar-refractivity contribution in [3.8, 4) is 5.75 Å². The summed E-state index contributed by atoms with van der Waals surface area (Å²) in [6.45, 7) is 1.23. The number of ether oxygens (including phenoxy) is 1. The minimum Gasteiger partial charge on any atom is -0.480 e. The third kappa shape index (κ3) is 5.47. The highest BCUT2D eigenvalue weighted by molar-refractivity contribution is 7.98. The van der Waals surface area contributed by atoms with Crippen molar-refractivity contribution < 1.29 is 24.2 Å². The van der Waals surface area contributed by atoms with Gasteiger partial charge in [0, 0.05) is 6.92 Å². The number of thioether (sulfide) groups is 1. The summed E-state index contributed by atoms with van der Waals surface area (Å²) in [5.74, 6) is -1.50. The summed E-state index contributed by atoms with van der Waals surface area (Å²) in [7, 11) is 0. The zero-order valence-corrected chi connectivity index (χ0v) is 12.6. The fourth-order valence-electron chi connectivity index (χ4n) is 1.63. The molecule has 1 rings (SSSR count). The molecule has 0 aromatic heterocycles. The van der Waals surface area contributed by atoms with Crippen molar-refractivity contribution in [1.29, 1.82) is 0 Å². The Labute approximate surface area is 126 Å². The Kier molecular flexibility index (Phi) is 6.74. The normalized spacial score (nSPS) is 11.5. The second-order valence-corrected chi connectivity index (χ2v) is 5.22. The number of rotatable bonds is 7. The largest absolute Gasteiger partial charge is 0.480 e. The number of amides is 1. The van der Waals surface area contributed by atoms with Crippen molar-refractivity contribution in [2.45, 2.75) is 19.4 Å². The summed E-state index contributed by atoms with van der Waals surface area (Å²) in [4.78, 5) is 34.3. The van der Waals surface area contributed by atoms with E-state index in [1.54, 1.807) is 12.1 Å². The first-order valence-corrected chi connectivity index (χ1v) is 7.65. The molecule has 0 radical (unpaired) electrons. The van der Waals surface area contributed by atoms with E-state index in [9.17, 15) is 14.4 Å². The number of nitrogens with one attached hydrogen (secondary N) is 1. The number of carboxylic acids is 1. The molecule has 7 heteroatoms. The minimum atomic E-state index is -1.10. The molecule has 6 nitrogen and oxygen atoms in total. The van der Waals surface area contributed by atoms with Crippen LogP contribution >= 0.6 is 11.8 Å². The van der Waals surface area contributed by atoms with Crippen LogP contribution in [0.3, 0.4) is 0 Å². The average molecular weight is 311 g/mol. The van der Waals surface area contributed by atoms with Crippen LogP contribution in [0.2, 0.25) is 0 Å². The molecule has 1 aromatic carbocycles. The number of hydrogen-bond acceptors (Lipinski definition) is 5. The van der Waals surface area contributed by atoms with Gasteiger partial charge in [-0.05, 0) is 30.6 Å². The van der Waals surface area contributed by atoms with Gasteiger partial charge in [-0.2, -0.15) is 11.8 Å². The van der Waals surface area contributed by atoms with Gasteiger partial charge in [0.05, 0.1) is 5.56 Å². The molecule has 0 fully saturated rings. The van der Waals surface area contributed by atoms with Gasteiger partial charge in [-0.15, -0.1) is 0 Å². The Bertz CT molecular complexity index is 532. The van der Waals surface area contributed by atoms with Gasteiger partial charge in [0.15, 0.2) is 0 Å². The second kappa shape index (κ2) is 8.31. The van der Waals surface area contributed by atoms with Crippen molar-refractivity contribution in [2.75, 3.05) is 12.0 Å². The van der Waals surface area contributed by atoms with Crippen LogP contribution < -0.4 is 10.1 Å². The fraction of sp³-hybridized carbons (Fsp3) is 0.357. The molecule has 114 valence electrons. The molecule has 0 heterocycles. The predicted molar refractivity (Wildman–Crippen MR) is 79.6 cm³/mol. The molecule has 0 aliphatic carbocycles. The van der Waals surface area contributed by atoms with E-state index in [-0.39, 0.29) is 11.3 Å². The molecule has 0 saturated carbocycles. The monoisotopic (exact) mass is 311 g/mol. The molecule has 2 N–H and O–H groups in total. The fourth-order valence-corrected chi connectivity index (χ4v) is 2.10. The Morgan fingerprint density at radius 2 is 2.00 bits per heavy atom. The molecule has 0 aliphatic heterocycles. The Balaban J connectivity index is 2.87. The van der Waals surface area contributed by atoms with Gasteiger partial charge >= 0.3 is 11.9 Å². The van der Waals surface area contributed by atoms with Crippen LogP contribution in [0.4, 0.5) is 0 Å². The topological polar surface area (TPSA) is 92.7 Å². The highest BCUT2D eigenvalue weighted by Gasteiger charge is 2.22.